The zero-order chi connectivity index (χ0) is 8.97. The first-order valence-corrected chi connectivity index (χ1v) is 3.49. The summed E-state index contributed by atoms with van der Waals surface area (Å²) in [6.45, 7) is 0.218. The molecule has 1 rings (SSSR count). The maximum absolute atomic E-state index is 10.3. The molecule has 0 heterocycles. The van der Waals surface area contributed by atoms with Gasteiger partial charge in [0.1, 0.15) is 0 Å². The Balaban J connectivity index is 0.00000144. The van der Waals surface area contributed by atoms with Gasteiger partial charge < -0.3 is 5.11 Å². The molecular weight excluding hydrogens is 192 g/mol. The van der Waals surface area contributed by atoms with E-state index in [0.717, 1.165) is 10.6 Å². The van der Waals surface area contributed by atoms with Crippen molar-refractivity contribution in [2.45, 2.75) is 6.54 Å². The number of rotatable bonds is 2. The van der Waals surface area contributed by atoms with Gasteiger partial charge in [0, 0.05) is 0 Å². The lowest BCUT2D eigenvalue weighted by Gasteiger charge is -2.11. The van der Waals surface area contributed by atoms with E-state index in [2.05, 4.69) is 0 Å². The SMILES string of the molecule is Cl.NN(Cc1ccccc1)C(=O)O. The Bertz CT molecular complexity index is 266. The van der Waals surface area contributed by atoms with Gasteiger partial charge in [0.05, 0.1) is 6.54 Å². The average molecular weight is 203 g/mol. The fourth-order valence-corrected chi connectivity index (χ4v) is 0.848. The number of hydrazine groups is 1. The molecule has 3 N–H and O–H groups in total. The number of amides is 1. The van der Waals surface area contributed by atoms with Gasteiger partial charge in [0.25, 0.3) is 0 Å². The van der Waals surface area contributed by atoms with Crippen LogP contribution in [0.1, 0.15) is 5.56 Å². The van der Waals surface area contributed by atoms with Gasteiger partial charge in [0.2, 0.25) is 0 Å². The van der Waals surface area contributed by atoms with Crippen LogP contribution in [0.5, 0.6) is 0 Å². The van der Waals surface area contributed by atoms with Crippen molar-refractivity contribution in [3.63, 3.8) is 0 Å². The molecule has 1 aromatic carbocycles. The van der Waals surface area contributed by atoms with Gasteiger partial charge in [-0.3, -0.25) is 0 Å². The molecule has 13 heavy (non-hydrogen) atoms. The minimum atomic E-state index is -1.13. The Morgan fingerprint density at radius 1 is 1.38 bits per heavy atom. The number of hydrogen-bond donors (Lipinski definition) is 2. The second-order valence-electron chi connectivity index (χ2n) is 2.40. The number of nitrogens with zero attached hydrogens (tertiary/aromatic N) is 1. The molecule has 0 fully saturated rings. The Hall–Kier alpha value is -1.26. The summed E-state index contributed by atoms with van der Waals surface area (Å²) in [7, 11) is 0. The lowest BCUT2D eigenvalue weighted by Crippen LogP contribution is -2.35. The number of carbonyl (C=O) groups is 1. The minimum Gasteiger partial charge on any atom is -0.464 e. The zero-order valence-corrected chi connectivity index (χ0v) is 7.70. The fourth-order valence-electron chi connectivity index (χ4n) is 0.848. The van der Waals surface area contributed by atoms with Gasteiger partial charge in [-0.15, -0.1) is 12.4 Å². The highest BCUT2D eigenvalue weighted by molar-refractivity contribution is 5.85. The largest absolute Gasteiger partial charge is 0.464 e. The molecule has 0 spiro atoms. The molecule has 1 aromatic rings. The predicted molar refractivity (Wildman–Crippen MR) is 51.4 cm³/mol. The van der Waals surface area contributed by atoms with Gasteiger partial charge in [-0.05, 0) is 5.56 Å². The molecule has 0 atom stereocenters. The molecule has 0 aliphatic heterocycles. The number of hydrogen-bond acceptors (Lipinski definition) is 2. The normalized spacial score (nSPS) is 8.69. The van der Waals surface area contributed by atoms with Crippen molar-refractivity contribution in [1.29, 1.82) is 0 Å². The van der Waals surface area contributed by atoms with Crippen molar-refractivity contribution in [3.8, 4) is 0 Å². The van der Waals surface area contributed by atoms with Gasteiger partial charge in [-0.25, -0.2) is 15.6 Å². The molecular formula is C8H11ClN2O2. The highest BCUT2D eigenvalue weighted by atomic mass is 35.5. The summed E-state index contributed by atoms with van der Waals surface area (Å²) in [6.07, 6.45) is -1.13. The number of nitrogens with two attached hydrogens (primary N) is 1. The number of halogens is 1. The number of benzene rings is 1. The van der Waals surface area contributed by atoms with E-state index in [4.69, 9.17) is 10.9 Å². The quantitative estimate of drug-likeness (QED) is 0.434. The van der Waals surface area contributed by atoms with Crippen LogP contribution in [0.25, 0.3) is 0 Å². The van der Waals surface area contributed by atoms with E-state index in [9.17, 15) is 4.79 Å². The van der Waals surface area contributed by atoms with E-state index in [1.165, 1.54) is 0 Å². The van der Waals surface area contributed by atoms with Gasteiger partial charge >= 0.3 is 6.09 Å². The lowest BCUT2D eigenvalue weighted by molar-refractivity contribution is 0.143. The monoisotopic (exact) mass is 202 g/mol. The molecule has 0 bridgehead atoms. The Morgan fingerprint density at radius 2 is 1.92 bits per heavy atom. The van der Waals surface area contributed by atoms with E-state index in [0.29, 0.717) is 0 Å². The van der Waals surface area contributed by atoms with Crippen LogP contribution in [0.2, 0.25) is 0 Å². The van der Waals surface area contributed by atoms with Crippen LogP contribution in [0.3, 0.4) is 0 Å². The van der Waals surface area contributed by atoms with E-state index in [-0.39, 0.29) is 19.0 Å². The topological polar surface area (TPSA) is 66.6 Å². The number of carboxylic acid groups (broad SMARTS) is 1. The maximum atomic E-state index is 10.3. The van der Waals surface area contributed by atoms with Crippen molar-refractivity contribution in [1.82, 2.24) is 5.01 Å². The first kappa shape index (κ1) is 11.7. The summed E-state index contributed by atoms with van der Waals surface area (Å²) in [6, 6.07) is 9.19. The summed E-state index contributed by atoms with van der Waals surface area (Å²) >= 11 is 0. The highest BCUT2D eigenvalue weighted by Crippen LogP contribution is 2.00. The third-order valence-corrected chi connectivity index (χ3v) is 1.44. The van der Waals surface area contributed by atoms with E-state index in [1.54, 1.807) is 0 Å². The molecule has 1 amide bonds. The Kier molecular flexibility index (Phi) is 4.87. The molecule has 5 heteroatoms. The first-order valence-electron chi connectivity index (χ1n) is 3.49. The first-order chi connectivity index (χ1) is 5.70. The zero-order valence-electron chi connectivity index (χ0n) is 6.88. The van der Waals surface area contributed by atoms with Crippen molar-refractivity contribution < 1.29 is 9.90 Å². The van der Waals surface area contributed by atoms with Crippen molar-refractivity contribution in [2.75, 3.05) is 0 Å². The summed E-state index contributed by atoms with van der Waals surface area (Å²) in [4.78, 5) is 10.3. The van der Waals surface area contributed by atoms with Crippen LogP contribution >= 0.6 is 12.4 Å². The second-order valence-corrected chi connectivity index (χ2v) is 2.40. The van der Waals surface area contributed by atoms with Crippen LogP contribution in [-0.2, 0) is 6.54 Å². The average Bonchev–Trinajstić information content (AvgIpc) is 2.06. The predicted octanol–water partition coefficient (Wildman–Crippen LogP) is 1.46. The van der Waals surface area contributed by atoms with E-state index >= 15 is 0 Å². The molecule has 72 valence electrons. The van der Waals surface area contributed by atoms with Gasteiger partial charge in [0.15, 0.2) is 0 Å². The van der Waals surface area contributed by atoms with E-state index in [1.807, 2.05) is 30.3 Å². The molecule has 4 nitrogen and oxygen atoms in total. The Labute approximate surface area is 82.3 Å². The summed E-state index contributed by atoms with van der Waals surface area (Å²) in [5, 5.41) is 9.19. The molecule has 0 saturated heterocycles. The van der Waals surface area contributed by atoms with Crippen LogP contribution in [0.15, 0.2) is 30.3 Å². The maximum Gasteiger partial charge on any atom is 0.421 e. The highest BCUT2D eigenvalue weighted by Gasteiger charge is 2.05. The summed E-state index contributed by atoms with van der Waals surface area (Å²) in [5.74, 6) is 5.18. The molecule has 0 radical (unpaired) electrons. The van der Waals surface area contributed by atoms with E-state index < -0.39 is 6.09 Å². The molecule has 0 aliphatic carbocycles. The van der Waals surface area contributed by atoms with Crippen molar-refractivity contribution in [2.24, 2.45) is 5.84 Å². The Morgan fingerprint density at radius 3 is 2.38 bits per heavy atom. The molecule has 0 saturated carbocycles. The molecule has 0 unspecified atom stereocenters. The van der Waals surface area contributed by atoms with Crippen molar-refractivity contribution >= 4 is 18.5 Å². The fraction of sp³-hybridized carbons (Fsp3) is 0.125. The third-order valence-electron chi connectivity index (χ3n) is 1.44. The van der Waals surface area contributed by atoms with Gasteiger partial charge in [-0.1, -0.05) is 30.3 Å². The summed E-state index contributed by atoms with van der Waals surface area (Å²) in [5.41, 5.74) is 0.877. The smallest absolute Gasteiger partial charge is 0.421 e. The van der Waals surface area contributed by atoms with Crippen molar-refractivity contribution in [3.05, 3.63) is 35.9 Å². The standard InChI is InChI=1S/C8H10N2O2.ClH/c9-10(8(11)12)6-7-4-2-1-3-5-7;/h1-5H,6,9H2,(H,11,12);1H. The lowest BCUT2D eigenvalue weighted by atomic mass is 10.2. The minimum absolute atomic E-state index is 0. The van der Waals surface area contributed by atoms with Crippen LogP contribution < -0.4 is 5.84 Å². The second kappa shape index (κ2) is 5.40. The van der Waals surface area contributed by atoms with Crippen LogP contribution in [0, 0.1) is 0 Å². The third kappa shape index (κ3) is 3.78. The van der Waals surface area contributed by atoms with Crippen LogP contribution in [0.4, 0.5) is 4.79 Å². The summed E-state index contributed by atoms with van der Waals surface area (Å²) < 4.78 is 0. The van der Waals surface area contributed by atoms with Crippen LogP contribution in [-0.4, -0.2) is 16.2 Å². The molecule has 0 aromatic heterocycles. The van der Waals surface area contributed by atoms with Gasteiger partial charge in [-0.2, -0.15) is 0 Å². The molecule has 0 aliphatic rings.